The summed E-state index contributed by atoms with van der Waals surface area (Å²) in [5.41, 5.74) is 0.749. The summed E-state index contributed by atoms with van der Waals surface area (Å²) in [6, 6.07) is 3.43. The Hall–Kier alpha value is -1.30. The average Bonchev–Trinajstić information content (AvgIpc) is 3.19. The highest BCUT2D eigenvalue weighted by atomic mass is 127. The average molecular weight is 486 g/mol. The Labute approximate surface area is 167 Å². The molecule has 3 heterocycles. The first-order valence-corrected chi connectivity index (χ1v) is 8.20. The first-order chi connectivity index (χ1) is 11.9. The number of ether oxygens (including phenoxy) is 2. The highest BCUT2D eigenvalue weighted by molar-refractivity contribution is 14.0. The van der Waals surface area contributed by atoms with Crippen molar-refractivity contribution < 1.29 is 22.6 Å². The fraction of sp³-hybridized carbons (Fsp3) is 0.625. The monoisotopic (exact) mass is 486 g/mol. The largest absolute Gasteiger partial charge is 0.468 e. The van der Waals surface area contributed by atoms with Crippen molar-refractivity contribution >= 4 is 29.9 Å². The maximum absolute atomic E-state index is 12.2. The number of guanidine groups is 1. The number of halogens is 4. The Balaban J connectivity index is 0.00000243. The molecule has 10 heteroatoms. The van der Waals surface area contributed by atoms with Crippen LogP contribution in [0.4, 0.5) is 13.2 Å². The van der Waals surface area contributed by atoms with Crippen LogP contribution in [0.25, 0.3) is 0 Å². The highest BCUT2D eigenvalue weighted by Crippen LogP contribution is 2.34. The van der Waals surface area contributed by atoms with Crippen molar-refractivity contribution in [3.05, 3.63) is 23.9 Å². The Bertz CT molecular complexity index is 630. The van der Waals surface area contributed by atoms with Crippen LogP contribution in [0.2, 0.25) is 0 Å². The molecule has 0 aromatic carbocycles. The maximum Gasteiger partial charge on any atom is 0.422 e. The van der Waals surface area contributed by atoms with Gasteiger partial charge in [0.25, 0.3) is 0 Å². The van der Waals surface area contributed by atoms with E-state index in [0.717, 1.165) is 24.8 Å². The predicted molar refractivity (Wildman–Crippen MR) is 101 cm³/mol. The second kappa shape index (κ2) is 9.07. The topological polar surface area (TPSA) is 67.8 Å². The van der Waals surface area contributed by atoms with Crippen LogP contribution >= 0.6 is 24.0 Å². The number of pyridine rings is 1. The highest BCUT2D eigenvalue weighted by Gasteiger charge is 2.41. The van der Waals surface area contributed by atoms with E-state index in [9.17, 15) is 13.2 Å². The van der Waals surface area contributed by atoms with Gasteiger partial charge >= 0.3 is 6.18 Å². The van der Waals surface area contributed by atoms with E-state index < -0.39 is 12.8 Å². The Morgan fingerprint density at radius 3 is 2.85 bits per heavy atom. The molecule has 2 aliphatic rings. The predicted octanol–water partition coefficient (Wildman–Crippen LogP) is 2.63. The molecule has 1 aromatic heterocycles. The second-order valence-electron chi connectivity index (χ2n) is 6.19. The van der Waals surface area contributed by atoms with Crippen molar-refractivity contribution in [3.63, 3.8) is 0 Å². The number of aromatic nitrogens is 1. The van der Waals surface area contributed by atoms with Gasteiger partial charge in [0.15, 0.2) is 12.6 Å². The lowest BCUT2D eigenvalue weighted by molar-refractivity contribution is -0.154. The molecule has 26 heavy (non-hydrogen) atoms. The van der Waals surface area contributed by atoms with Crippen molar-refractivity contribution in [2.75, 3.05) is 13.7 Å². The summed E-state index contributed by atoms with van der Waals surface area (Å²) < 4.78 is 47.1. The molecule has 2 N–H and O–H groups in total. The second-order valence-corrected chi connectivity index (χ2v) is 6.19. The molecule has 2 aliphatic heterocycles. The summed E-state index contributed by atoms with van der Waals surface area (Å²) in [6.45, 7) is -0.962. The number of alkyl halides is 3. The summed E-state index contributed by atoms with van der Waals surface area (Å²) in [4.78, 5) is 7.97. The van der Waals surface area contributed by atoms with Gasteiger partial charge < -0.3 is 20.1 Å². The van der Waals surface area contributed by atoms with Crippen molar-refractivity contribution in [3.8, 4) is 5.88 Å². The van der Waals surface area contributed by atoms with Gasteiger partial charge in [0.1, 0.15) is 0 Å². The number of hydrogen-bond donors (Lipinski definition) is 2. The lowest BCUT2D eigenvalue weighted by Gasteiger charge is -2.22. The van der Waals surface area contributed by atoms with Crippen LogP contribution in [0.15, 0.2) is 23.3 Å². The summed E-state index contributed by atoms with van der Waals surface area (Å²) in [5.74, 6) is 0.580. The quantitative estimate of drug-likeness (QED) is 0.381. The van der Waals surface area contributed by atoms with Gasteiger partial charge in [-0.15, -0.1) is 24.0 Å². The third-order valence-corrected chi connectivity index (χ3v) is 4.29. The Kier molecular flexibility index (Phi) is 7.33. The number of hydrogen-bond acceptors (Lipinski definition) is 4. The van der Waals surface area contributed by atoms with Crippen LogP contribution in [0.3, 0.4) is 0 Å². The van der Waals surface area contributed by atoms with Gasteiger partial charge in [0.05, 0.1) is 18.2 Å². The minimum Gasteiger partial charge on any atom is -0.468 e. The van der Waals surface area contributed by atoms with Crippen molar-refractivity contribution in [2.24, 2.45) is 4.99 Å². The van der Waals surface area contributed by atoms with Gasteiger partial charge in [-0.2, -0.15) is 13.2 Å². The van der Waals surface area contributed by atoms with Gasteiger partial charge in [0.2, 0.25) is 5.88 Å². The van der Waals surface area contributed by atoms with Gasteiger partial charge in [0, 0.05) is 25.9 Å². The fourth-order valence-corrected chi connectivity index (χ4v) is 3.14. The zero-order valence-electron chi connectivity index (χ0n) is 14.3. The maximum atomic E-state index is 12.2. The summed E-state index contributed by atoms with van der Waals surface area (Å²) in [5, 5.41) is 6.49. The number of fused-ring (bicyclic) bond motifs is 2. The Morgan fingerprint density at radius 1 is 1.42 bits per heavy atom. The van der Waals surface area contributed by atoms with E-state index in [1.54, 1.807) is 13.1 Å². The lowest BCUT2D eigenvalue weighted by atomic mass is 9.96. The molecule has 6 nitrogen and oxygen atoms in total. The molecule has 3 unspecified atom stereocenters. The van der Waals surface area contributed by atoms with Crippen molar-refractivity contribution in [1.29, 1.82) is 0 Å². The molecular formula is C16H22F3IN4O2. The number of nitrogens with one attached hydrogen (secondary N) is 2. The number of nitrogens with zero attached hydrogens (tertiary/aromatic N) is 2. The van der Waals surface area contributed by atoms with Crippen LogP contribution in [-0.4, -0.2) is 49.0 Å². The van der Waals surface area contributed by atoms with Gasteiger partial charge in [-0.05, 0) is 30.9 Å². The molecule has 0 spiro atoms. The summed E-state index contributed by atoms with van der Waals surface area (Å²) in [6.07, 6.45) is 0.750. The molecule has 0 aliphatic carbocycles. The van der Waals surface area contributed by atoms with E-state index in [0.29, 0.717) is 18.6 Å². The summed E-state index contributed by atoms with van der Waals surface area (Å²) in [7, 11) is 1.67. The molecule has 2 bridgehead atoms. The first-order valence-electron chi connectivity index (χ1n) is 8.20. The van der Waals surface area contributed by atoms with Crippen LogP contribution in [0, 0.1) is 0 Å². The molecule has 3 rings (SSSR count). The van der Waals surface area contributed by atoms with E-state index in [4.69, 9.17) is 4.74 Å². The van der Waals surface area contributed by atoms with Crippen LogP contribution in [-0.2, 0) is 11.3 Å². The third kappa shape index (κ3) is 5.86. The van der Waals surface area contributed by atoms with E-state index in [2.05, 4.69) is 25.3 Å². The lowest BCUT2D eigenvalue weighted by Crippen LogP contribution is -2.47. The molecular weight excluding hydrogens is 464 g/mol. The minimum atomic E-state index is -4.38. The summed E-state index contributed by atoms with van der Waals surface area (Å²) >= 11 is 0. The fourth-order valence-electron chi connectivity index (χ4n) is 3.14. The standard InChI is InChI=1S/C16H21F3N4O2.HI/c1-20-15(23-12-7-11-2-3-13(12)25-11)22-8-10-4-5-21-14(6-10)24-9-16(17,18)19;/h4-6,11-13H,2-3,7-9H2,1H3,(H2,20,22,23);1H. The van der Waals surface area contributed by atoms with E-state index in [1.165, 1.54) is 12.3 Å². The number of rotatable bonds is 5. The number of aliphatic imine (C=N–C) groups is 1. The van der Waals surface area contributed by atoms with Gasteiger partial charge in [-0.25, -0.2) is 4.98 Å². The molecule has 1 aromatic rings. The smallest absolute Gasteiger partial charge is 0.422 e. The molecule has 2 saturated heterocycles. The minimum absolute atomic E-state index is 0. The molecule has 0 amide bonds. The van der Waals surface area contributed by atoms with Crippen molar-refractivity contribution in [1.82, 2.24) is 15.6 Å². The zero-order valence-corrected chi connectivity index (χ0v) is 16.6. The van der Waals surface area contributed by atoms with Crippen LogP contribution in [0.5, 0.6) is 5.88 Å². The van der Waals surface area contributed by atoms with Crippen LogP contribution in [0.1, 0.15) is 24.8 Å². The molecule has 146 valence electrons. The van der Waals surface area contributed by atoms with E-state index >= 15 is 0 Å². The third-order valence-electron chi connectivity index (χ3n) is 4.29. The zero-order chi connectivity index (χ0) is 17.9. The van der Waals surface area contributed by atoms with Crippen molar-refractivity contribution in [2.45, 2.75) is 50.2 Å². The molecule has 0 saturated carbocycles. The first kappa shape index (κ1) is 21.0. The normalized spacial score (nSPS) is 24.9. The molecule has 3 atom stereocenters. The molecule has 0 radical (unpaired) electrons. The van der Waals surface area contributed by atoms with E-state index in [-0.39, 0.29) is 42.0 Å². The van der Waals surface area contributed by atoms with Gasteiger partial charge in [-0.1, -0.05) is 0 Å². The van der Waals surface area contributed by atoms with Crippen LogP contribution < -0.4 is 15.4 Å². The van der Waals surface area contributed by atoms with Gasteiger partial charge in [-0.3, -0.25) is 4.99 Å². The SMILES string of the molecule is CN=C(NCc1ccnc(OCC(F)(F)F)c1)NC1CC2CCC1O2.I. The Morgan fingerprint density at radius 2 is 2.23 bits per heavy atom. The van der Waals surface area contributed by atoms with E-state index in [1.807, 2.05) is 0 Å². The molecule has 2 fully saturated rings.